The predicted molar refractivity (Wildman–Crippen MR) is 69.5 cm³/mol. The van der Waals surface area contributed by atoms with Gasteiger partial charge in [0, 0.05) is 18.6 Å². The van der Waals surface area contributed by atoms with Crippen molar-refractivity contribution >= 4 is 5.91 Å². The Morgan fingerprint density at radius 3 is 2.82 bits per heavy atom. The molecule has 2 N–H and O–H groups in total. The zero-order chi connectivity index (χ0) is 12.4. The van der Waals surface area contributed by atoms with Gasteiger partial charge in [-0.2, -0.15) is 0 Å². The molecule has 0 aromatic rings. The Balaban J connectivity index is 2.02. The third-order valence-electron chi connectivity index (χ3n) is 4.61. The molecule has 0 radical (unpaired) electrons. The van der Waals surface area contributed by atoms with E-state index in [1.165, 1.54) is 19.3 Å². The molecule has 98 valence electrons. The first-order valence-corrected chi connectivity index (χ1v) is 7.19. The highest BCUT2D eigenvalue weighted by molar-refractivity contribution is 5.80. The number of carbonyl (C=O) groups is 1. The van der Waals surface area contributed by atoms with Crippen LogP contribution in [-0.4, -0.2) is 29.4 Å². The van der Waals surface area contributed by atoms with Crippen LogP contribution in [0.15, 0.2) is 0 Å². The van der Waals surface area contributed by atoms with Gasteiger partial charge < -0.3 is 10.6 Å². The van der Waals surface area contributed by atoms with Crippen molar-refractivity contribution in [1.29, 1.82) is 0 Å². The molecule has 4 atom stereocenters. The molecule has 1 saturated carbocycles. The van der Waals surface area contributed by atoms with Gasteiger partial charge in [0.1, 0.15) is 0 Å². The standard InChI is InChI=1S/C14H26N2O/c1-3-11-5-4-8-16(11)14(17)12-9-10(2)6-7-13(12)15/h10-13H,3-9,15H2,1-2H3. The number of nitrogens with two attached hydrogens (primary N) is 1. The maximum absolute atomic E-state index is 12.6. The van der Waals surface area contributed by atoms with Crippen molar-refractivity contribution in [1.82, 2.24) is 4.90 Å². The van der Waals surface area contributed by atoms with Gasteiger partial charge in [-0.1, -0.05) is 13.8 Å². The summed E-state index contributed by atoms with van der Waals surface area (Å²) in [6.45, 7) is 5.38. The SMILES string of the molecule is CCC1CCCN1C(=O)C1CC(C)CCC1N. The van der Waals surface area contributed by atoms with Crippen LogP contribution in [0.2, 0.25) is 0 Å². The Labute approximate surface area is 105 Å². The van der Waals surface area contributed by atoms with Crippen molar-refractivity contribution in [3.8, 4) is 0 Å². The van der Waals surface area contributed by atoms with Gasteiger partial charge in [0.15, 0.2) is 0 Å². The second kappa shape index (κ2) is 5.38. The average Bonchev–Trinajstić information content (AvgIpc) is 2.79. The zero-order valence-electron chi connectivity index (χ0n) is 11.2. The van der Waals surface area contributed by atoms with Crippen LogP contribution in [0.5, 0.6) is 0 Å². The zero-order valence-corrected chi connectivity index (χ0v) is 11.2. The van der Waals surface area contributed by atoms with Gasteiger partial charge in [-0.3, -0.25) is 4.79 Å². The van der Waals surface area contributed by atoms with E-state index in [4.69, 9.17) is 5.73 Å². The van der Waals surface area contributed by atoms with E-state index in [0.717, 1.165) is 25.8 Å². The molecule has 0 bridgehead atoms. The number of nitrogens with zero attached hydrogens (tertiary/aromatic N) is 1. The Bertz CT molecular complexity index is 279. The van der Waals surface area contributed by atoms with Crippen LogP contribution in [0.1, 0.15) is 52.4 Å². The molecule has 1 saturated heterocycles. The van der Waals surface area contributed by atoms with Crippen LogP contribution < -0.4 is 5.73 Å². The van der Waals surface area contributed by atoms with Crippen LogP contribution in [-0.2, 0) is 4.79 Å². The molecule has 3 heteroatoms. The minimum atomic E-state index is 0.0888. The number of amides is 1. The molecular weight excluding hydrogens is 212 g/mol. The molecule has 3 nitrogen and oxygen atoms in total. The van der Waals surface area contributed by atoms with E-state index < -0.39 is 0 Å². The van der Waals surface area contributed by atoms with Gasteiger partial charge in [-0.05, 0) is 44.4 Å². The smallest absolute Gasteiger partial charge is 0.227 e. The summed E-state index contributed by atoms with van der Waals surface area (Å²) in [5.74, 6) is 1.09. The Hall–Kier alpha value is -0.570. The minimum Gasteiger partial charge on any atom is -0.339 e. The van der Waals surface area contributed by atoms with E-state index in [1.807, 2.05) is 0 Å². The van der Waals surface area contributed by atoms with Gasteiger partial charge in [-0.25, -0.2) is 0 Å². The largest absolute Gasteiger partial charge is 0.339 e. The summed E-state index contributed by atoms with van der Waals surface area (Å²) in [6.07, 6.45) is 6.63. The quantitative estimate of drug-likeness (QED) is 0.801. The molecule has 17 heavy (non-hydrogen) atoms. The molecule has 0 aromatic carbocycles. The van der Waals surface area contributed by atoms with Crippen molar-refractivity contribution < 1.29 is 4.79 Å². The van der Waals surface area contributed by atoms with Crippen LogP contribution in [0.4, 0.5) is 0 Å². The van der Waals surface area contributed by atoms with Gasteiger partial charge in [0.2, 0.25) is 5.91 Å². The molecule has 1 amide bonds. The summed E-state index contributed by atoms with van der Waals surface area (Å²) in [6, 6.07) is 0.573. The van der Waals surface area contributed by atoms with E-state index in [-0.39, 0.29) is 12.0 Å². The van der Waals surface area contributed by atoms with Crippen LogP contribution >= 0.6 is 0 Å². The predicted octanol–water partition coefficient (Wildman–Crippen LogP) is 2.15. The van der Waals surface area contributed by atoms with E-state index in [0.29, 0.717) is 17.9 Å². The summed E-state index contributed by atoms with van der Waals surface area (Å²) >= 11 is 0. The monoisotopic (exact) mass is 238 g/mol. The third-order valence-corrected chi connectivity index (χ3v) is 4.61. The van der Waals surface area contributed by atoms with Crippen molar-refractivity contribution in [2.45, 2.75) is 64.5 Å². The lowest BCUT2D eigenvalue weighted by molar-refractivity contribution is -0.138. The van der Waals surface area contributed by atoms with Gasteiger partial charge >= 0.3 is 0 Å². The fraction of sp³-hybridized carbons (Fsp3) is 0.929. The van der Waals surface area contributed by atoms with Gasteiger partial charge in [0.25, 0.3) is 0 Å². The number of likely N-dealkylation sites (tertiary alicyclic amines) is 1. The third kappa shape index (κ3) is 2.65. The minimum absolute atomic E-state index is 0.0888. The van der Waals surface area contributed by atoms with E-state index in [2.05, 4.69) is 18.7 Å². The second-order valence-corrected chi connectivity index (χ2v) is 5.92. The molecule has 2 rings (SSSR count). The summed E-state index contributed by atoms with van der Waals surface area (Å²) in [5.41, 5.74) is 6.15. The summed E-state index contributed by atoms with van der Waals surface area (Å²) < 4.78 is 0. The van der Waals surface area contributed by atoms with E-state index >= 15 is 0 Å². The summed E-state index contributed by atoms with van der Waals surface area (Å²) in [7, 11) is 0. The lowest BCUT2D eigenvalue weighted by atomic mass is 9.78. The Kier molecular flexibility index (Phi) is 4.08. The first-order chi connectivity index (χ1) is 8.13. The molecule has 0 aromatic heterocycles. The molecule has 2 aliphatic rings. The van der Waals surface area contributed by atoms with Crippen LogP contribution in [0, 0.1) is 11.8 Å². The second-order valence-electron chi connectivity index (χ2n) is 5.92. The fourth-order valence-corrected chi connectivity index (χ4v) is 3.45. The van der Waals surface area contributed by atoms with Gasteiger partial charge in [-0.15, -0.1) is 0 Å². The average molecular weight is 238 g/mol. The van der Waals surface area contributed by atoms with E-state index in [1.54, 1.807) is 0 Å². The molecule has 1 heterocycles. The van der Waals surface area contributed by atoms with Crippen LogP contribution in [0.25, 0.3) is 0 Å². The number of hydrogen-bond donors (Lipinski definition) is 1. The topological polar surface area (TPSA) is 46.3 Å². The number of rotatable bonds is 2. The Morgan fingerprint density at radius 2 is 2.12 bits per heavy atom. The molecule has 0 spiro atoms. The highest BCUT2D eigenvalue weighted by atomic mass is 16.2. The number of carbonyl (C=O) groups excluding carboxylic acids is 1. The van der Waals surface area contributed by atoms with E-state index in [9.17, 15) is 4.79 Å². The van der Waals surface area contributed by atoms with Gasteiger partial charge in [0.05, 0.1) is 5.92 Å². The molecule has 1 aliphatic carbocycles. The normalized spacial score (nSPS) is 38.4. The summed E-state index contributed by atoms with van der Waals surface area (Å²) in [5, 5.41) is 0. The van der Waals surface area contributed by atoms with Crippen molar-refractivity contribution in [2.24, 2.45) is 17.6 Å². The molecule has 4 unspecified atom stereocenters. The fourth-order valence-electron chi connectivity index (χ4n) is 3.45. The highest BCUT2D eigenvalue weighted by Crippen LogP contribution is 2.31. The first kappa shape index (κ1) is 12.9. The Morgan fingerprint density at radius 1 is 1.35 bits per heavy atom. The molecular formula is C14H26N2O. The number of hydrogen-bond acceptors (Lipinski definition) is 2. The lowest BCUT2D eigenvalue weighted by Crippen LogP contribution is -2.48. The van der Waals surface area contributed by atoms with Crippen molar-refractivity contribution in [3.63, 3.8) is 0 Å². The maximum atomic E-state index is 12.6. The first-order valence-electron chi connectivity index (χ1n) is 7.19. The lowest BCUT2D eigenvalue weighted by Gasteiger charge is -2.36. The molecule has 1 aliphatic heterocycles. The highest BCUT2D eigenvalue weighted by Gasteiger charge is 2.37. The van der Waals surface area contributed by atoms with Crippen LogP contribution in [0.3, 0.4) is 0 Å². The molecule has 2 fully saturated rings. The van der Waals surface area contributed by atoms with Crippen molar-refractivity contribution in [2.75, 3.05) is 6.54 Å². The summed E-state index contributed by atoms with van der Waals surface area (Å²) in [4.78, 5) is 14.7. The van der Waals surface area contributed by atoms with Crippen molar-refractivity contribution in [3.05, 3.63) is 0 Å². The maximum Gasteiger partial charge on any atom is 0.227 e.